The van der Waals surface area contributed by atoms with Crippen molar-refractivity contribution in [2.75, 3.05) is 31.6 Å². The predicted molar refractivity (Wildman–Crippen MR) is 99.0 cm³/mol. The van der Waals surface area contributed by atoms with Crippen LogP contribution >= 0.6 is 0 Å². The molecule has 4 rings (SSSR count). The lowest BCUT2D eigenvalue weighted by Gasteiger charge is -2.30. The van der Waals surface area contributed by atoms with Crippen molar-refractivity contribution in [3.05, 3.63) is 53.1 Å². The molecule has 148 valence electrons. The van der Waals surface area contributed by atoms with E-state index in [0.29, 0.717) is 43.2 Å². The van der Waals surface area contributed by atoms with Crippen LogP contribution in [0.1, 0.15) is 34.5 Å². The molecule has 0 bridgehead atoms. The number of nitrogens with zero attached hydrogens (tertiary/aromatic N) is 1. The summed E-state index contributed by atoms with van der Waals surface area (Å²) in [6.07, 6.45) is -4.63. The molecule has 1 atom stereocenters. The lowest BCUT2D eigenvalue weighted by Crippen LogP contribution is -2.44. The third kappa shape index (κ3) is 3.17. The number of amides is 1. The van der Waals surface area contributed by atoms with E-state index in [4.69, 9.17) is 4.74 Å². The van der Waals surface area contributed by atoms with E-state index in [2.05, 4.69) is 10.6 Å². The zero-order chi connectivity index (χ0) is 19.9. The van der Waals surface area contributed by atoms with E-state index in [9.17, 15) is 18.0 Å². The molecule has 2 heterocycles. The van der Waals surface area contributed by atoms with Crippen LogP contribution in [-0.4, -0.2) is 37.0 Å². The highest BCUT2D eigenvalue weighted by Crippen LogP contribution is 2.44. The number of hydrogen-bond acceptors (Lipinski definition) is 4. The molecule has 2 N–H and O–H groups in total. The van der Waals surface area contributed by atoms with Gasteiger partial charge in [0.1, 0.15) is 5.75 Å². The quantitative estimate of drug-likeness (QED) is 0.829. The third-order valence-corrected chi connectivity index (χ3v) is 5.02. The SMILES string of the molecule is CCOc1ccccc1Nc1cc2c(c(C(F)(F)F)c1)C(=O)N1CCNC[C@@H]21. The first-order valence-corrected chi connectivity index (χ1v) is 9.16. The first kappa shape index (κ1) is 18.6. The summed E-state index contributed by atoms with van der Waals surface area (Å²) in [6.45, 7) is 3.68. The van der Waals surface area contributed by atoms with E-state index in [-0.39, 0.29) is 17.3 Å². The Hall–Kier alpha value is -2.74. The van der Waals surface area contributed by atoms with Crippen LogP contribution < -0.4 is 15.4 Å². The molecule has 28 heavy (non-hydrogen) atoms. The Morgan fingerprint density at radius 3 is 2.82 bits per heavy atom. The van der Waals surface area contributed by atoms with E-state index >= 15 is 0 Å². The number of rotatable bonds is 4. The fourth-order valence-electron chi connectivity index (χ4n) is 3.84. The van der Waals surface area contributed by atoms with Crippen molar-refractivity contribution in [1.29, 1.82) is 0 Å². The molecule has 1 saturated heterocycles. The van der Waals surface area contributed by atoms with Crippen LogP contribution in [0.2, 0.25) is 0 Å². The Morgan fingerprint density at radius 2 is 2.07 bits per heavy atom. The number of fused-ring (bicyclic) bond motifs is 3. The van der Waals surface area contributed by atoms with Crippen LogP contribution in [-0.2, 0) is 6.18 Å². The maximum Gasteiger partial charge on any atom is 0.417 e. The maximum atomic E-state index is 13.8. The number of piperazine rings is 1. The van der Waals surface area contributed by atoms with E-state index < -0.39 is 17.6 Å². The average Bonchev–Trinajstić information content (AvgIpc) is 2.95. The lowest BCUT2D eigenvalue weighted by molar-refractivity contribution is -0.137. The Balaban J connectivity index is 1.80. The monoisotopic (exact) mass is 391 g/mol. The predicted octanol–water partition coefficient (Wildman–Crippen LogP) is 3.95. The molecule has 2 aromatic carbocycles. The van der Waals surface area contributed by atoms with Crippen molar-refractivity contribution in [3.8, 4) is 5.75 Å². The van der Waals surface area contributed by atoms with Crippen molar-refractivity contribution < 1.29 is 22.7 Å². The van der Waals surface area contributed by atoms with Gasteiger partial charge in [0.15, 0.2) is 0 Å². The van der Waals surface area contributed by atoms with Crippen molar-refractivity contribution in [3.63, 3.8) is 0 Å². The smallest absolute Gasteiger partial charge is 0.417 e. The van der Waals surface area contributed by atoms with E-state index in [1.165, 1.54) is 4.90 Å². The van der Waals surface area contributed by atoms with Gasteiger partial charge in [-0.2, -0.15) is 13.2 Å². The average molecular weight is 391 g/mol. The van der Waals surface area contributed by atoms with E-state index in [1.807, 2.05) is 6.92 Å². The molecule has 0 spiro atoms. The van der Waals surface area contributed by atoms with Gasteiger partial charge in [0.25, 0.3) is 5.91 Å². The number of anilines is 2. The van der Waals surface area contributed by atoms with Gasteiger partial charge in [0.2, 0.25) is 0 Å². The molecule has 0 saturated carbocycles. The van der Waals surface area contributed by atoms with Gasteiger partial charge in [-0.3, -0.25) is 4.79 Å². The van der Waals surface area contributed by atoms with E-state index in [1.54, 1.807) is 30.3 Å². The van der Waals surface area contributed by atoms with Crippen molar-refractivity contribution >= 4 is 17.3 Å². The Bertz CT molecular complexity index is 914. The molecule has 2 aliphatic heterocycles. The largest absolute Gasteiger partial charge is 0.492 e. The fourth-order valence-corrected chi connectivity index (χ4v) is 3.84. The summed E-state index contributed by atoms with van der Waals surface area (Å²) in [5.74, 6) is 0.00573. The second kappa shape index (κ2) is 7.01. The topological polar surface area (TPSA) is 53.6 Å². The standard InChI is InChI=1S/C20H20F3N3O2/c1-2-28-17-6-4-3-5-15(17)25-12-9-13-16-11-24-7-8-26(16)19(27)18(13)14(10-12)20(21,22)23/h3-6,9-10,16,24-25H,2,7-8,11H2,1H3/t16-/m0/s1. The van der Waals surface area contributed by atoms with Gasteiger partial charge in [0.05, 0.1) is 29.5 Å². The molecule has 5 nitrogen and oxygen atoms in total. The first-order valence-electron chi connectivity index (χ1n) is 9.16. The summed E-state index contributed by atoms with van der Waals surface area (Å²) in [4.78, 5) is 14.2. The second-order valence-electron chi connectivity index (χ2n) is 6.76. The normalized spacial score (nSPS) is 18.6. The number of ether oxygens (including phenoxy) is 1. The minimum absolute atomic E-state index is 0.232. The third-order valence-electron chi connectivity index (χ3n) is 5.02. The van der Waals surface area contributed by atoms with Crippen LogP contribution in [0.15, 0.2) is 36.4 Å². The Labute approximate surface area is 160 Å². The van der Waals surface area contributed by atoms with Crippen LogP contribution in [0.4, 0.5) is 24.5 Å². The van der Waals surface area contributed by atoms with Crippen molar-refractivity contribution in [2.45, 2.75) is 19.1 Å². The molecule has 1 amide bonds. The van der Waals surface area contributed by atoms with Gasteiger partial charge in [-0.15, -0.1) is 0 Å². The summed E-state index contributed by atoms with van der Waals surface area (Å²) >= 11 is 0. The van der Waals surface area contributed by atoms with Gasteiger partial charge in [0, 0.05) is 25.3 Å². The summed E-state index contributed by atoms with van der Waals surface area (Å²) in [7, 11) is 0. The Kier molecular flexibility index (Phi) is 4.66. The first-order chi connectivity index (χ1) is 13.4. The lowest BCUT2D eigenvalue weighted by atomic mass is 9.97. The molecule has 0 aliphatic carbocycles. The van der Waals surface area contributed by atoms with E-state index in [0.717, 1.165) is 6.07 Å². The molecule has 2 aliphatic rings. The minimum Gasteiger partial charge on any atom is -0.492 e. The molecule has 2 aromatic rings. The highest BCUT2D eigenvalue weighted by atomic mass is 19.4. The number of benzene rings is 2. The van der Waals surface area contributed by atoms with Crippen LogP contribution in [0.25, 0.3) is 0 Å². The van der Waals surface area contributed by atoms with Gasteiger partial charge in [-0.05, 0) is 36.8 Å². The molecule has 0 radical (unpaired) electrons. The summed E-state index contributed by atoms with van der Waals surface area (Å²) in [5.41, 5.74) is 0.118. The van der Waals surface area contributed by atoms with Crippen molar-refractivity contribution in [2.24, 2.45) is 0 Å². The number of halogens is 3. The van der Waals surface area contributed by atoms with Gasteiger partial charge < -0.3 is 20.3 Å². The number of carbonyl (C=O) groups excluding carboxylic acids is 1. The highest BCUT2D eigenvalue weighted by Gasteiger charge is 2.45. The van der Waals surface area contributed by atoms with Crippen LogP contribution in [0.3, 0.4) is 0 Å². The molecule has 0 unspecified atom stereocenters. The molecule has 0 aromatic heterocycles. The molecule has 8 heteroatoms. The second-order valence-corrected chi connectivity index (χ2v) is 6.76. The number of carbonyl (C=O) groups is 1. The Morgan fingerprint density at radius 1 is 1.29 bits per heavy atom. The number of hydrogen-bond donors (Lipinski definition) is 2. The van der Waals surface area contributed by atoms with Gasteiger partial charge in [-0.1, -0.05) is 12.1 Å². The zero-order valence-corrected chi connectivity index (χ0v) is 15.3. The van der Waals surface area contributed by atoms with Crippen LogP contribution in [0.5, 0.6) is 5.75 Å². The maximum absolute atomic E-state index is 13.8. The van der Waals surface area contributed by atoms with Crippen LogP contribution in [0, 0.1) is 0 Å². The molecule has 1 fully saturated rings. The fraction of sp³-hybridized carbons (Fsp3) is 0.350. The summed E-state index contributed by atoms with van der Waals surface area (Å²) in [6, 6.07) is 9.32. The number of nitrogens with one attached hydrogen (secondary N) is 2. The summed E-state index contributed by atoms with van der Waals surface area (Å²) in [5, 5.41) is 6.19. The molecular weight excluding hydrogens is 371 g/mol. The van der Waals surface area contributed by atoms with Crippen molar-refractivity contribution in [1.82, 2.24) is 10.2 Å². The molecular formula is C20H20F3N3O2. The van der Waals surface area contributed by atoms with Gasteiger partial charge >= 0.3 is 6.18 Å². The zero-order valence-electron chi connectivity index (χ0n) is 15.3. The number of para-hydroxylation sites is 2. The summed E-state index contributed by atoms with van der Waals surface area (Å²) < 4.78 is 46.9. The highest BCUT2D eigenvalue weighted by molar-refractivity contribution is 6.01. The number of alkyl halides is 3. The minimum atomic E-state index is -4.63. The van der Waals surface area contributed by atoms with Gasteiger partial charge in [-0.25, -0.2) is 0 Å².